The highest BCUT2D eigenvalue weighted by molar-refractivity contribution is 5.87. The minimum absolute atomic E-state index is 0.125. The van der Waals surface area contributed by atoms with Gasteiger partial charge in [0.1, 0.15) is 0 Å². The molecule has 1 aliphatic rings. The fourth-order valence-electron chi connectivity index (χ4n) is 4.23. The summed E-state index contributed by atoms with van der Waals surface area (Å²) in [6.45, 7) is 7.73. The van der Waals surface area contributed by atoms with Crippen LogP contribution in [0.4, 0.5) is 0 Å². The Bertz CT molecular complexity index is 761. The average molecular weight is 409 g/mol. The Morgan fingerprint density at radius 2 is 1.03 bits per heavy atom. The van der Waals surface area contributed by atoms with Crippen molar-refractivity contribution in [3.63, 3.8) is 0 Å². The molecule has 6 atom stereocenters. The summed E-state index contributed by atoms with van der Waals surface area (Å²) in [6.07, 6.45) is 1.10. The van der Waals surface area contributed by atoms with Gasteiger partial charge in [-0.15, -0.1) is 0 Å². The number of carbonyl (C=O) groups excluding carboxylic acids is 2. The monoisotopic (exact) mass is 408 g/mol. The number of hydrogen-bond donors (Lipinski definition) is 0. The molecule has 0 radical (unpaired) electrons. The van der Waals surface area contributed by atoms with Crippen LogP contribution in [0.3, 0.4) is 0 Å². The maximum Gasteiger partial charge on any atom is 0.310 e. The lowest BCUT2D eigenvalue weighted by molar-refractivity contribution is -0.177. The van der Waals surface area contributed by atoms with Crippen molar-refractivity contribution in [1.29, 1.82) is 0 Å². The van der Waals surface area contributed by atoms with Crippen molar-refractivity contribution in [3.05, 3.63) is 71.8 Å². The van der Waals surface area contributed by atoms with Crippen molar-refractivity contribution in [2.45, 2.75) is 64.6 Å². The molecule has 2 aromatic carbocycles. The van der Waals surface area contributed by atoms with E-state index >= 15 is 0 Å². The number of hydrogen-bond acceptors (Lipinski definition) is 4. The largest absolute Gasteiger partial charge is 0.462 e. The van der Waals surface area contributed by atoms with Gasteiger partial charge in [-0.25, -0.2) is 0 Å². The summed E-state index contributed by atoms with van der Waals surface area (Å²) in [5, 5.41) is 0. The van der Waals surface area contributed by atoms with Gasteiger partial charge in [0.25, 0.3) is 0 Å². The van der Waals surface area contributed by atoms with Crippen LogP contribution in [0.15, 0.2) is 60.7 Å². The second-order valence-corrected chi connectivity index (χ2v) is 8.24. The zero-order chi connectivity index (χ0) is 21.7. The summed E-state index contributed by atoms with van der Waals surface area (Å²) >= 11 is 0. The lowest BCUT2D eigenvalue weighted by atomic mass is 9.52. The summed E-state index contributed by atoms with van der Waals surface area (Å²) in [7, 11) is 0. The number of ether oxygens (including phenoxy) is 2. The van der Waals surface area contributed by atoms with Gasteiger partial charge < -0.3 is 9.47 Å². The molecule has 0 aromatic heterocycles. The van der Waals surface area contributed by atoms with E-state index in [4.69, 9.17) is 9.47 Å². The molecular formula is C26H32O4. The van der Waals surface area contributed by atoms with E-state index in [1.54, 1.807) is 0 Å². The van der Waals surface area contributed by atoms with Crippen molar-refractivity contribution in [2.24, 2.45) is 11.8 Å². The van der Waals surface area contributed by atoms with E-state index < -0.39 is 11.8 Å². The Morgan fingerprint density at radius 1 is 0.700 bits per heavy atom. The molecule has 0 unspecified atom stereocenters. The van der Waals surface area contributed by atoms with Gasteiger partial charge in [-0.1, -0.05) is 74.5 Å². The molecule has 0 amide bonds. The highest BCUT2D eigenvalue weighted by atomic mass is 16.6. The third-order valence-electron chi connectivity index (χ3n) is 6.25. The van der Waals surface area contributed by atoms with Gasteiger partial charge in [0, 0.05) is 11.8 Å². The molecule has 0 spiro atoms. The topological polar surface area (TPSA) is 52.6 Å². The molecule has 2 aromatic rings. The standard InChI is InChI=1S/C26H32O4/c1-5-17(3)29-25(27)23-21(19-13-9-7-10-14-19)22(20-15-11-8-12-16-20)24(23)26(28)30-18(4)6-2/h7-18,21-24H,5-6H2,1-4H3/t17-,18-,21-,22-,23-,24-/m1/s1. The zero-order valence-corrected chi connectivity index (χ0v) is 18.3. The fourth-order valence-corrected chi connectivity index (χ4v) is 4.23. The van der Waals surface area contributed by atoms with Crippen molar-refractivity contribution in [3.8, 4) is 0 Å². The van der Waals surface area contributed by atoms with Crippen LogP contribution in [0, 0.1) is 11.8 Å². The normalized spacial score (nSPS) is 24.9. The molecule has 0 saturated heterocycles. The summed E-state index contributed by atoms with van der Waals surface area (Å²) in [5.74, 6) is -1.97. The molecule has 0 N–H and O–H groups in total. The van der Waals surface area contributed by atoms with Gasteiger partial charge in [0.15, 0.2) is 0 Å². The first-order valence-corrected chi connectivity index (χ1v) is 11.0. The molecular weight excluding hydrogens is 376 g/mol. The Kier molecular flexibility index (Phi) is 7.30. The van der Waals surface area contributed by atoms with Crippen LogP contribution in [-0.4, -0.2) is 24.1 Å². The first-order chi connectivity index (χ1) is 14.5. The number of esters is 2. The first kappa shape index (κ1) is 22.1. The highest BCUT2D eigenvalue weighted by Gasteiger charge is 2.59. The van der Waals surface area contributed by atoms with Crippen LogP contribution in [0.5, 0.6) is 0 Å². The molecule has 3 rings (SSSR count). The van der Waals surface area contributed by atoms with Crippen molar-refractivity contribution >= 4 is 11.9 Å². The Morgan fingerprint density at radius 3 is 1.33 bits per heavy atom. The summed E-state index contributed by atoms with van der Waals surface area (Å²) in [6, 6.07) is 19.9. The SMILES string of the molecule is CC[C@@H](C)OC(=O)[C@H]1[C@H](C(=O)O[C@H](C)CC)[C@H](c2ccccc2)[C@H]1c1ccccc1. The second-order valence-electron chi connectivity index (χ2n) is 8.24. The number of carbonyl (C=O) groups is 2. The van der Waals surface area contributed by atoms with Crippen LogP contribution in [0.2, 0.25) is 0 Å². The van der Waals surface area contributed by atoms with E-state index in [9.17, 15) is 9.59 Å². The van der Waals surface area contributed by atoms with E-state index in [1.165, 1.54) is 0 Å². The molecule has 160 valence electrons. The molecule has 0 bridgehead atoms. The third kappa shape index (κ3) is 4.58. The average Bonchev–Trinajstić information content (AvgIpc) is 2.74. The van der Waals surface area contributed by atoms with Crippen LogP contribution < -0.4 is 0 Å². The molecule has 1 saturated carbocycles. The maximum absolute atomic E-state index is 13.2. The first-order valence-electron chi connectivity index (χ1n) is 11.0. The summed E-state index contributed by atoms with van der Waals surface area (Å²) in [4.78, 5) is 26.4. The van der Waals surface area contributed by atoms with Gasteiger partial charge in [-0.05, 0) is 37.8 Å². The molecule has 0 aliphatic heterocycles. The molecule has 30 heavy (non-hydrogen) atoms. The van der Waals surface area contributed by atoms with E-state index in [-0.39, 0.29) is 36.0 Å². The molecule has 4 heteroatoms. The van der Waals surface area contributed by atoms with Gasteiger partial charge >= 0.3 is 11.9 Å². The molecule has 1 aliphatic carbocycles. The molecule has 1 fully saturated rings. The van der Waals surface area contributed by atoms with Crippen molar-refractivity contribution < 1.29 is 19.1 Å². The van der Waals surface area contributed by atoms with E-state index in [1.807, 2.05) is 88.4 Å². The molecule has 0 heterocycles. The minimum atomic E-state index is -0.553. The van der Waals surface area contributed by atoms with E-state index in [2.05, 4.69) is 0 Å². The Hall–Kier alpha value is -2.62. The predicted octanol–water partition coefficient (Wildman–Crippen LogP) is 5.48. The lowest BCUT2D eigenvalue weighted by Crippen LogP contribution is -2.53. The lowest BCUT2D eigenvalue weighted by Gasteiger charge is -2.50. The predicted molar refractivity (Wildman–Crippen MR) is 117 cm³/mol. The van der Waals surface area contributed by atoms with E-state index in [0.717, 1.165) is 24.0 Å². The summed E-state index contributed by atoms with van der Waals surface area (Å²) < 4.78 is 11.4. The Balaban J connectivity index is 2.01. The Labute approximate surface area is 179 Å². The quantitative estimate of drug-likeness (QED) is 0.543. The minimum Gasteiger partial charge on any atom is -0.462 e. The fraction of sp³-hybridized carbons (Fsp3) is 0.462. The molecule has 4 nitrogen and oxygen atoms in total. The second kappa shape index (κ2) is 9.92. The summed E-state index contributed by atoms with van der Waals surface area (Å²) in [5.41, 5.74) is 2.09. The number of benzene rings is 2. The van der Waals surface area contributed by atoms with Crippen LogP contribution in [-0.2, 0) is 19.1 Å². The van der Waals surface area contributed by atoms with Crippen LogP contribution in [0.1, 0.15) is 63.5 Å². The highest BCUT2D eigenvalue weighted by Crippen LogP contribution is 2.58. The maximum atomic E-state index is 13.2. The van der Waals surface area contributed by atoms with Crippen LogP contribution >= 0.6 is 0 Å². The number of rotatable bonds is 8. The van der Waals surface area contributed by atoms with Gasteiger partial charge in [0.05, 0.1) is 24.0 Å². The van der Waals surface area contributed by atoms with E-state index in [0.29, 0.717) is 0 Å². The van der Waals surface area contributed by atoms with Crippen molar-refractivity contribution in [1.82, 2.24) is 0 Å². The van der Waals surface area contributed by atoms with Crippen LogP contribution in [0.25, 0.3) is 0 Å². The van der Waals surface area contributed by atoms with Gasteiger partial charge in [0.2, 0.25) is 0 Å². The smallest absolute Gasteiger partial charge is 0.310 e. The zero-order valence-electron chi connectivity index (χ0n) is 18.3. The third-order valence-corrected chi connectivity index (χ3v) is 6.25. The van der Waals surface area contributed by atoms with Gasteiger partial charge in [-0.2, -0.15) is 0 Å². The van der Waals surface area contributed by atoms with Crippen molar-refractivity contribution in [2.75, 3.05) is 0 Å². The van der Waals surface area contributed by atoms with Gasteiger partial charge in [-0.3, -0.25) is 9.59 Å².